The fourth-order valence-electron chi connectivity index (χ4n) is 5.98. The molecule has 3 saturated heterocycles. The summed E-state index contributed by atoms with van der Waals surface area (Å²) in [5, 5.41) is 9.49. The molecule has 3 aromatic carbocycles. The Balaban J connectivity index is 1.20. The van der Waals surface area contributed by atoms with Crippen molar-refractivity contribution in [3.8, 4) is 11.1 Å². The highest BCUT2D eigenvalue weighted by Crippen LogP contribution is 2.39. The average molecular weight is 531 g/mol. The lowest BCUT2D eigenvalue weighted by Gasteiger charge is -2.41. The van der Waals surface area contributed by atoms with Crippen LogP contribution < -0.4 is 5.73 Å². The minimum absolute atomic E-state index is 0.0170. The second-order valence-electron chi connectivity index (χ2n) is 10.7. The molecule has 0 radical (unpaired) electrons. The second-order valence-corrected chi connectivity index (χ2v) is 10.7. The van der Waals surface area contributed by atoms with Gasteiger partial charge in [0.25, 0.3) is 0 Å². The molecule has 0 bridgehead atoms. The van der Waals surface area contributed by atoms with Gasteiger partial charge in [0, 0.05) is 51.0 Å². The summed E-state index contributed by atoms with van der Waals surface area (Å²) in [4.78, 5) is 2.46. The van der Waals surface area contributed by atoms with Crippen LogP contribution in [0.2, 0.25) is 0 Å². The minimum atomic E-state index is -0.470. The van der Waals surface area contributed by atoms with Gasteiger partial charge in [-0.3, -0.25) is 0 Å². The number of nitrogens with two attached hydrogens (primary N) is 1. The molecule has 206 valence electrons. The molecular weight excluding hydrogens is 492 g/mol. The van der Waals surface area contributed by atoms with E-state index in [2.05, 4.69) is 53.4 Å². The van der Waals surface area contributed by atoms with Gasteiger partial charge in [0.2, 0.25) is 0 Å². The van der Waals surface area contributed by atoms with Crippen LogP contribution in [0.4, 0.5) is 0 Å². The van der Waals surface area contributed by atoms with E-state index in [0.717, 1.165) is 72.3 Å². The van der Waals surface area contributed by atoms with E-state index in [1.807, 2.05) is 24.3 Å². The fraction of sp³-hybridized carbons (Fsp3) is 0.438. The van der Waals surface area contributed by atoms with Crippen molar-refractivity contribution < 1.29 is 24.1 Å². The highest BCUT2D eigenvalue weighted by molar-refractivity contribution is 5.67. The first-order chi connectivity index (χ1) is 19.1. The maximum absolute atomic E-state index is 9.49. The molecule has 3 aromatic rings. The Labute approximate surface area is 230 Å². The summed E-state index contributed by atoms with van der Waals surface area (Å²) in [5.41, 5.74) is 12.4. The summed E-state index contributed by atoms with van der Waals surface area (Å²) in [5.74, 6) is -0.378. The van der Waals surface area contributed by atoms with E-state index >= 15 is 0 Å². The standard InChI is InChI=1S/C32H38N2O5/c33-20-27-3-1-2-4-29(27)24-9-11-26(12-10-24)31-38-28(19-30(39-31)25-7-5-23(22-35)6-8-25)21-34-15-13-32(14-16-34)36-17-18-37-32/h1-12,28,30-31,35H,13-22,33H2. The zero-order chi connectivity index (χ0) is 26.7. The molecule has 3 heterocycles. The van der Waals surface area contributed by atoms with Gasteiger partial charge in [-0.05, 0) is 27.8 Å². The molecule has 7 heteroatoms. The molecule has 1 spiro atoms. The van der Waals surface area contributed by atoms with E-state index in [0.29, 0.717) is 19.8 Å². The Morgan fingerprint density at radius 3 is 2.23 bits per heavy atom. The molecule has 0 aliphatic carbocycles. The summed E-state index contributed by atoms with van der Waals surface area (Å²) in [7, 11) is 0. The number of hydrogen-bond acceptors (Lipinski definition) is 7. The third-order valence-corrected chi connectivity index (χ3v) is 8.24. The maximum atomic E-state index is 9.49. The molecule has 3 aliphatic rings. The van der Waals surface area contributed by atoms with Crippen LogP contribution in [-0.4, -0.2) is 54.7 Å². The number of piperidine rings is 1. The number of benzene rings is 3. The summed E-state index contributed by atoms with van der Waals surface area (Å²) in [6.07, 6.45) is 1.99. The number of aliphatic hydroxyl groups excluding tert-OH is 1. The number of nitrogens with zero attached hydrogens (tertiary/aromatic N) is 1. The van der Waals surface area contributed by atoms with Crippen molar-refractivity contribution in [3.05, 3.63) is 95.1 Å². The Hall–Kier alpha value is -2.62. The lowest BCUT2D eigenvalue weighted by Crippen LogP contribution is -2.48. The van der Waals surface area contributed by atoms with Crippen LogP contribution in [0.25, 0.3) is 11.1 Å². The molecule has 6 rings (SSSR count). The predicted octanol–water partition coefficient (Wildman–Crippen LogP) is 4.69. The molecule has 3 atom stereocenters. The number of hydrogen-bond donors (Lipinski definition) is 2. The molecule has 0 saturated carbocycles. The number of ether oxygens (including phenoxy) is 4. The van der Waals surface area contributed by atoms with Gasteiger partial charge in [-0.25, -0.2) is 0 Å². The SMILES string of the molecule is NCc1ccccc1-c1ccc(C2OC(CN3CCC4(CC3)OCCO4)CC(c3ccc(CO)cc3)O2)cc1. The van der Waals surface area contributed by atoms with Crippen molar-refractivity contribution >= 4 is 0 Å². The molecule has 3 unspecified atom stereocenters. The van der Waals surface area contributed by atoms with Crippen molar-refractivity contribution in [2.75, 3.05) is 32.8 Å². The van der Waals surface area contributed by atoms with Crippen LogP contribution in [0.3, 0.4) is 0 Å². The molecule has 3 N–H and O–H groups in total. The highest BCUT2D eigenvalue weighted by Gasteiger charge is 2.41. The Kier molecular flexibility index (Phi) is 8.09. The smallest absolute Gasteiger partial charge is 0.184 e. The number of aliphatic hydroxyl groups is 1. The van der Waals surface area contributed by atoms with Crippen LogP contribution in [0.5, 0.6) is 0 Å². The van der Waals surface area contributed by atoms with Crippen molar-refractivity contribution in [2.24, 2.45) is 5.73 Å². The van der Waals surface area contributed by atoms with E-state index in [9.17, 15) is 5.11 Å². The summed E-state index contributed by atoms with van der Waals surface area (Å²) in [6.45, 7) is 4.61. The summed E-state index contributed by atoms with van der Waals surface area (Å²) < 4.78 is 25.0. The predicted molar refractivity (Wildman–Crippen MR) is 149 cm³/mol. The van der Waals surface area contributed by atoms with E-state index in [1.54, 1.807) is 0 Å². The zero-order valence-electron chi connectivity index (χ0n) is 22.3. The average Bonchev–Trinajstić information content (AvgIpc) is 3.46. The molecule has 3 aliphatic heterocycles. The van der Waals surface area contributed by atoms with Crippen LogP contribution in [0.1, 0.15) is 53.9 Å². The van der Waals surface area contributed by atoms with Gasteiger partial charge >= 0.3 is 0 Å². The number of rotatable bonds is 7. The van der Waals surface area contributed by atoms with Gasteiger partial charge in [-0.15, -0.1) is 0 Å². The monoisotopic (exact) mass is 530 g/mol. The largest absolute Gasteiger partial charge is 0.392 e. The molecule has 0 aromatic heterocycles. The first-order valence-corrected chi connectivity index (χ1v) is 14.0. The van der Waals surface area contributed by atoms with Crippen LogP contribution in [0, 0.1) is 0 Å². The van der Waals surface area contributed by atoms with Gasteiger partial charge in [-0.1, -0.05) is 72.8 Å². The Morgan fingerprint density at radius 1 is 0.846 bits per heavy atom. The lowest BCUT2D eigenvalue weighted by atomic mass is 9.97. The Morgan fingerprint density at radius 2 is 1.54 bits per heavy atom. The van der Waals surface area contributed by atoms with Gasteiger partial charge in [0.1, 0.15) is 0 Å². The third-order valence-electron chi connectivity index (χ3n) is 8.24. The quantitative estimate of drug-likeness (QED) is 0.458. The van der Waals surface area contributed by atoms with E-state index in [1.165, 1.54) is 0 Å². The topological polar surface area (TPSA) is 86.4 Å². The molecular formula is C32H38N2O5. The third kappa shape index (κ3) is 5.95. The highest BCUT2D eigenvalue weighted by atomic mass is 16.7. The Bertz CT molecular complexity index is 1220. The molecule has 39 heavy (non-hydrogen) atoms. The second kappa shape index (κ2) is 11.9. The van der Waals surface area contributed by atoms with Gasteiger partial charge in [-0.2, -0.15) is 0 Å². The van der Waals surface area contributed by atoms with Crippen molar-refractivity contribution in [2.45, 2.75) is 56.7 Å². The van der Waals surface area contributed by atoms with Gasteiger partial charge in [0.15, 0.2) is 12.1 Å². The van der Waals surface area contributed by atoms with Crippen molar-refractivity contribution in [1.29, 1.82) is 0 Å². The van der Waals surface area contributed by atoms with Crippen molar-refractivity contribution in [3.63, 3.8) is 0 Å². The molecule has 7 nitrogen and oxygen atoms in total. The summed E-state index contributed by atoms with van der Waals surface area (Å²) >= 11 is 0. The van der Waals surface area contributed by atoms with E-state index in [-0.39, 0.29) is 24.6 Å². The van der Waals surface area contributed by atoms with Crippen LogP contribution in [0.15, 0.2) is 72.8 Å². The molecule has 3 fully saturated rings. The lowest BCUT2D eigenvalue weighted by molar-refractivity contribution is -0.255. The first kappa shape index (κ1) is 26.6. The summed E-state index contributed by atoms with van der Waals surface area (Å²) in [6, 6.07) is 24.7. The first-order valence-electron chi connectivity index (χ1n) is 14.0. The van der Waals surface area contributed by atoms with E-state index < -0.39 is 6.29 Å². The minimum Gasteiger partial charge on any atom is -0.392 e. The van der Waals surface area contributed by atoms with Gasteiger partial charge in [0.05, 0.1) is 32.0 Å². The number of likely N-dealkylation sites (tertiary alicyclic amines) is 1. The maximum Gasteiger partial charge on any atom is 0.184 e. The fourth-order valence-corrected chi connectivity index (χ4v) is 5.98. The van der Waals surface area contributed by atoms with Gasteiger partial charge < -0.3 is 34.7 Å². The van der Waals surface area contributed by atoms with Crippen LogP contribution >= 0.6 is 0 Å². The zero-order valence-corrected chi connectivity index (χ0v) is 22.3. The van der Waals surface area contributed by atoms with Crippen LogP contribution in [-0.2, 0) is 32.1 Å². The normalized spacial score (nSPS) is 25.2. The van der Waals surface area contributed by atoms with Crippen molar-refractivity contribution in [1.82, 2.24) is 4.90 Å². The molecule has 0 amide bonds. The van der Waals surface area contributed by atoms with E-state index in [4.69, 9.17) is 24.7 Å².